The summed E-state index contributed by atoms with van der Waals surface area (Å²) in [5, 5.41) is 5.43. The first-order valence-electron chi connectivity index (χ1n) is 8.40. The van der Waals surface area contributed by atoms with E-state index in [-0.39, 0.29) is 12.2 Å². The van der Waals surface area contributed by atoms with Gasteiger partial charge in [0.05, 0.1) is 0 Å². The van der Waals surface area contributed by atoms with Gasteiger partial charge in [0.15, 0.2) is 6.61 Å². The highest BCUT2D eigenvalue weighted by atomic mass is 35.5. The van der Waals surface area contributed by atoms with Gasteiger partial charge in [-0.25, -0.2) is 4.79 Å². The number of hydrogen-bond acceptors (Lipinski definition) is 6. The molecule has 0 unspecified atom stereocenters. The fourth-order valence-electron chi connectivity index (χ4n) is 2.80. The highest BCUT2D eigenvalue weighted by molar-refractivity contribution is 6.30. The van der Waals surface area contributed by atoms with E-state index in [9.17, 15) is 4.79 Å². The molecule has 0 saturated heterocycles. The highest BCUT2D eigenvalue weighted by Gasteiger charge is 2.11. The number of rotatable bonds is 5. The average molecular weight is 383 g/mol. The van der Waals surface area contributed by atoms with Crippen molar-refractivity contribution in [3.63, 3.8) is 0 Å². The molecule has 0 bridgehead atoms. The molecule has 0 aliphatic heterocycles. The van der Waals surface area contributed by atoms with Crippen molar-refractivity contribution in [2.45, 2.75) is 20.0 Å². The van der Waals surface area contributed by atoms with E-state index in [0.29, 0.717) is 28.1 Å². The number of benzene rings is 2. The van der Waals surface area contributed by atoms with Crippen molar-refractivity contribution in [2.75, 3.05) is 0 Å². The summed E-state index contributed by atoms with van der Waals surface area (Å²) >= 11 is 5.98. The van der Waals surface area contributed by atoms with Crippen LogP contribution in [-0.4, -0.2) is 10.1 Å². The zero-order chi connectivity index (χ0) is 18.8. The number of ether oxygens (including phenoxy) is 1. The number of fused-ring (bicyclic) bond motifs is 1. The van der Waals surface area contributed by atoms with E-state index >= 15 is 0 Å². The second-order valence-corrected chi connectivity index (χ2v) is 6.35. The Morgan fingerprint density at radius 2 is 2.04 bits per heavy atom. The van der Waals surface area contributed by atoms with Crippen LogP contribution in [0.4, 0.5) is 0 Å². The van der Waals surface area contributed by atoms with Gasteiger partial charge in [-0.05, 0) is 36.2 Å². The molecule has 0 saturated carbocycles. The number of halogens is 1. The Morgan fingerprint density at radius 3 is 2.85 bits per heavy atom. The largest absolute Gasteiger partial charge is 0.484 e. The fourth-order valence-corrected chi connectivity index (χ4v) is 2.99. The van der Waals surface area contributed by atoms with Crippen molar-refractivity contribution in [3.8, 4) is 17.1 Å². The SMILES string of the molecule is CCc1cc(=O)oc2cc(OCc3nc(-c4cccc(Cl)c4)no3)ccc12. The zero-order valence-electron chi connectivity index (χ0n) is 14.4. The molecule has 0 aliphatic carbocycles. The molecule has 0 amide bonds. The van der Waals surface area contributed by atoms with Gasteiger partial charge in [-0.15, -0.1) is 0 Å². The van der Waals surface area contributed by atoms with Crippen LogP contribution < -0.4 is 10.4 Å². The normalized spacial score (nSPS) is 11.0. The highest BCUT2D eigenvalue weighted by Crippen LogP contribution is 2.24. The summed E-state index contributed by atoms with van der Waals surface area (Å²) in [6, 6.07) is 14.1. The molecule has 2 aromatic heterocycles. The van der Waals surface area contributed by atoms with Crippen LogP contribution in [0, 0.1) is 0 Å². The quantitative estimate of drug-likeness (QED) is 0.468. The molecule has 4 rings (SSSR count). The summed E-state index contributed by atoms with van der Waals surface area (Å²) in [5.74, 6) is 1.31. The van der Waals surface area contributed by atoms with Gasteiger partial charge in [-0.2, -0.15) is 4.98 Å². The van der Waals surface area contributed by atoms with Gasteiger partial charge in [0.2, 0.25) is 5.82 Å². The lowest BCUT2D eigenvalue weighted by molar-refractivity contribution is 0.243. The van der Waals surface area contributed by atoms with Gasteiger partial charge < -0.3 is 13.7 Å². The lowest BCUT2D eigenvalue weighted by Crippen LogP contribution is -2.00. The van der Waals surface area contributed by atoms with Crippen LogP contribution in [0.3, 0.4) is 0 Å². The molecule has 27 heavy (non-hydrogen) atoms. The summed E-state index contributed by atoms with van der Waals surface area (Å²) < 4.78 is 16.2. The van der Waals surface area contributed by atoms with Crippen molar-refractivity contribution in [1.29, 1.82) is 0 Å². The monoisotopic (exact) mass is 382 g/mol. The topological polar surface area (TPSA) is 78.4 Å². The molecule has 0 radical (unpaired) electrons. The molecular weight excluding hydrogens is 368 g/mol. The second kappa shape index (κ2) is 7.25. The first kappa shape index (κ1) is 17.3. The van der Waals surface area contributed by atoms with Gasteiger partial charge in [0.1, 0.15) is 11.3 Å². The summed E-state index contributed by atoms with van der Waals surface area (Å²) in [7, 11) is 0. The van der Waals surface area contributed by atoms with Crippen LogP contribution in [0.15, 0.2) is 62.3 Å². The molecule has 7 heteroatoms. The molecule has 0 spiro atoms. The molecule has 4 aromatic rings. The van der Waals surface area contributed by atoms with E-state index < -0.39 is 0 Å². The van der Waals surface area contributed by atoms with Gasteiger partial charge in [0.25, 0.3) is 5.89 Å². The van der Waals surface area contributed by atoms with Crippen molar-refractivity contribution in [3.05, 3.63) is 75.4 Å². The standard InChI is InChI=1S/C20H15ClN2O4/c1-2-12-9-19(24)26-17-10-15(6-7-16(12)17)25-11-18-22-20(23-27-18)13-4-3-5-14(21)8-13/h3-10H,2,11H2,1H3. The summed E-state index contributed by atoms with van der Waals surface area (Å²) in [6.45, 7) is 2.09. The van der Waals surface area contributed by atoms with E-state index in [1.165, 1.54) is 6.07 Å². The van der Waals surface area contributed by atoms with Crippen LogP contribution in [-0.2, 0) is 13.0 Å². The zero-order valence-corrected chi connectivity index (χ0v) is 15.2. The van der Waals surface area contributed by atoms with Crippen LogP contribution in [0.2, 0.25) is 5.02 Å². The third-order valence-corrected chi connectivity index (χ3v) is 4.33. The minimum atomic E-state index is -0.375. The predicted octanol–water partition coefficient (Wildman–Crippen LogP) is 4.64. The van der Waals surface area contributed by atoms with E-state index in [4.69, 9.17) is 25.3 Å². The van der Waals surface area contributed by atoms with Crippen LogP contribution >= 0.6 is 11.6 Å². The molecule has 0 aliphatic rings. The van der Waals surface area contributed by atoms with E-state index in [1.54, 1.807) is 18.2 Å². The van der Waals surface area contributed by atoms with E-state index in [2.05, 4.69) is 10.1 Å². The summed E-state index contributed by atoms with van der Waals surface area (Å²) in [5.41, 5.74) is 1.81. The van der Waals surface area contributed by atoms with Crippen LogP contribution in [0.25, 0.3) is 22.4 Å². The first-order valence-corrected chi connectivity index (χ1v) is 8.78. The Balaban J connectivity index is 1.53. The maximum atomic E-state index is 11.7. The molecule has 2 heterocycles. The fraction of sp³-hybridized carbons (Fsp3) is 0.150. The maximum Gasteiger partial charge on any atom is 0.336 e. The smallest absolute Gasteiger partial charge is 0.336 e. The maximum absolute atomic E-state index is 11.7. The van der Waals surface area contributed by atoms with Gasteiger partial charge in [-0.3, -0.25) is 0 Å². The average Bonchev–Trinajstić information content (AvgIpc) is 3.14. The predicted molar refractivity (Wildman–Crippen MR) is 101 cm³/mol. The lowest BCUT2D eigenvalue weighted by atomic mass is 10.1. The molecule has 0 fully saturated rings. The van der Waals surface area contributed by atoms with Crippen molar-refractivity contribution >= 4 is 22.6 Å². The third-order valence-electron chi connectivity index (χ3n) is 4.10. The Morgan fingerprint density at radius 1 is 1.15 bits per heavy atom. The Kier molecular flexibility index (Phi) is 4.64. The summed E-state index contributed by atoms with van der Waals surface area (Å²) in [6.07, 6.45) is 0.747. The van der Waals surface area contributed by atoms with Gasteiger partial charge in [-0.1, -0.05) is 35.8 Å². The number of aromatic nitrogens is 2. The van der Waals surface area contributed by atoms with E-state index in [0.717, 1.165) is 22.9 Å². The molecular formula is C20H15ClN2O4. The number of aryl methyl sites for hydroxylation is 1. The van der Waals surface area contributed by atoms with E-state index in [1.807, 2.05) is 31.2 Å². The Labute approximate surface area is 159 Å². The minimum Gasteiger partial charge on any atom is -0.484 e. The van der Waals surface area contributed by atoms with Crippen LogP contribution in [0.1, 0.15) is 18.4 Å². The Hall–Kier alpha value is -3.12. The first-order chi connectivity index (χ1) is 13.1. The number of hydrogen-bond donors (Lipinski definition) is 0. The van der Waals surface area contributed by atoms with Crippen molar-refractivity contribution in [2.24, 2.45) is 0 Å². The Bertz CT molecular complexity index is 1170. The van der Waals surface area contributed by atoms with Gasteiger partial charge in [0, 0.05) is 28.1 Å². The molecule has 6 nitrogen and oxygen atoms in total. The molecule has 0 atom stereocenters. The second-order valence-electron chi connectivity index (χ2n) is 5.91. The van der Waals surface area contributed by atoms with Gasteiger partial charge >= 0.3 is 5.63 Å². The lowest BCUT2D eigenvalue weighted by Gasteiger charge is -2.06. The van der Waals surface area contributed by atoms with Crippen molar-refractivity contribution < 1.29 is 13.7 Å². The minimum absolute atomic E-state index is 0.0940. The third kappa shape index (κ3) is 3.71. The summed E-state index contributed by atoms with van der Waals surface area (Å²) in [4.78, 5) is 16.0. The molecule has 0 N–H and O–H groups in total. The number of nitrogens with zero attached hydrogens (tertiary/aromatic N) is 2. The molecule has 136 valence electrons. The van der Waals surface area contributed by atoms with Crippen molar-refractivity contribution in [1.82, 2.24) is 10.1 Å². The molecule has 2 aromatic carbocycles. The van der Waals surface area contributed by atoms with Crippen LogP contribution in [0.5, 0.6) is 5.75 Å².